The lowest BCUT2D eigenvalue weighted by atomic mass is 9.82. The van der Waals surface area contributed by atoms with E-state index in [1.807, 2.05) is 0 Å². The Morgan fingerprint density at radius 2 is 2.00 bits per heavy atom. The molecule has 1 N–H and O–H groups in total. The molecule has 2 heterocycles. The van der Waals surface area contributed by atoms with E-state index in [0.29, 0.717) is 6.04 Å². The second-order valence-electron chi connectivity index (χ2n) is 4.98. The van der Waals surface area contributed by atoms with Crippen LogP contribution in [0.5, 0.6) is 0 Å². The van der Waals surface area contributed by atoms with Gasteiger partial charge in [-0.3, -0.25) is 0 Å². The average molecular weight is 206 g/mol. The smallest absolute Gasteiger partial charge is 0.0211 e. The maximum absolute atomic E-state index is 5.26. The zero-order valence-corrected chi connectivity index (χ0v) is 9.71. The first-order valence-corrected chi connectivity index (χ1v) is 6.20. The van der Waals surface area contributed by atoms with Crippen LogP contribution in [0.25, 0.3) is 0 Å². The molecular formula is C13H22N2. The highest BCUT2D eigenvalue weighted by Crippen LogP contribution is 2.32. The third kappa shape index (κ3) is 2.53. The number of piperidine rings is 2. The summed E-state index contributed by atoms with van der Waals surface area (Å²) in [6.45, 7) is 0.990. The fourth-order valence-electron chi connectivity index (χ4n) is 3.13. The predicted octanol–water partition coefficient (Wildman–Crippen LogP) is 1.61. The Bertz CT molecular complexity index is 229. The third-order valence-corrected chi connectivity index (χ3v) is 4.04. The Hall–Kier alpha value is -0.520. The van der Waals surface area contributed by atoms with Crippen LogP contribution in [0.15, 0.2) is 0 Å². The Labute approximate surface area is 93.4 Å². The van der Waals surface area contributed by atoms with Crippen LogP contribution in [0.4, 0.5) is 0 Å². The van der Waals surface area contributed by atoms with Crippen molar-refractivity contribution in [2.45, 2.75) is 56.7 Å². The highest BCUT2D eigenvalue weighted by Gasteiger charge is 2.35. The molecule has 2 saturated heterocycles. The van der Waals surface area contributed by atoms with Crippen LogP contribution in [-0.4, -0.2) is 36.6 Å². The lowest BCUT2D eigenvalue weighted by molar-refractivity contribution is 0.0489. The van der Waals surface area contributed by atoms with Gasteiger partial charge in [0.2, 0.25) is 0 Å². The molecule has 2 nitrogen and oxygen atoms in total. The first-order valence-electron chi connectivity index (χ1n) is 6.20. The normalized spacial score (nSPS) is 36.1. The zero-order chi connectivity index (χ0) is 10.7. The third-order valence-electron chi connectivity index (χ3n) is 4.04. The Morgan fingerprint density at radius 3 is 2.60 bits per heavy atom. The van der Waals surface area contributed by atoms with Gasteiger partial charge in [0.1, 0.15) is 0 Å². The fourth-order valence-corrected chi connectivity index (χ4v) is 3.13. The molecule has 0 radical (unpaired) electrons. The topological polar surface area (TPSA) is 15.3 Å². The van der Waals surface area contributed by atoms with Gasteiger partial charge in [-0.25, -0.2) is 0 Å². The summed E-state index contributed by atoms with van der Waals surface area (Å²) in [7, 11) is 2.30. The van der Waals surface area contributed by atoms with Crippen molar-refractivity contribution in [3.05, 3.63) is 0 Å². The molecule has 2 aliphatic heterocycles. The van der Waals surface area contributed by atoms with Crippen molar-refractivity contribution in [3.8, 4) is 12.3 Å². The van der Waals surface area contributed by atoms with E-state index >= 15 is 0 Å². The highest BCUT2D eigenvalue weighted by molar-refractivity contribution is 4.94. The van der Waals surface area contributed by atoms with Crippen LogP contribution >= 0.6 is 0 Å². The summed E-state index contributed by atoms with van der Waals surface area (Å²) in [5.41, 5.74) is 0. The van der Waals surface area contributed by atoms with Crippen molar-refractivity contribution in [1.29, 1.82) is 0 Å². The number of nitrogens with zero attached hydrogens (tertiary/aromatic N) is 1. The molecule has 0 aliphatic carbocycles. The van der Waals surface area contributed by atoms with Gasteiger partial charge in [0.05, 0.1) is 0 Å². The quantitative estimate of drug-likeness (QED) is 0.557. The van der Waals surface area contributed by atoms with E-state index in [-0.39, 0.29) is 0 Å². The van der Waals surface area contributed by atoms with Gasteiger partial charge in [-0.2, -0.15) is 0 Å². The summed E-state index contributed by atoms with van der Waals surface area (Å²) in [6.07, 6.45) is 13.0. The van der Waals surface area contributed by atoms with Crippen molar-refractivity contribution in [1.82, 2.24) is 10.2 Å². The number of terminal acetylenes is 1. The van der Waals surface area contributed by atoms with Crippen molar-refractivity contribution >= 4 is 0 Å². The highest BCUT2D eigenvalue weighted by atomic mass is 15.2. The van der Waals surface area contributed by atoms with Gasteiger partial charge in [0.15, 0.2) is 0 Å². The summed E-state index contributed by atoms with van der Waals surface area (Å²) in [5.74, 6) is 2.69. The molecule has 0 spiro atoms. The fraction of sp³-hybridized carbons (Fsp3) is 0.846. The maximum Gasteiger partial charge on any atom is 0.0211 e. The molecule has 84 valence electrons. The first-order chi connectivity index (χ1) is 7.31. The molecule has 0 aromatic carbocycles. The standard InChI is InChI=1S/C13H22N2/c1-3-4-8-14-11-9-12-6-5-7-13(10-11)15(12)2/h1,11-14H,4-10H2,2H3. The van der Waals surface area contributed by atoms with E-state index in [9.17, 15) is 0 Å². The van der Waals surface area contributed by atoms with Gasteiger partial charge in [0, 0.05) is 31.1 Å². The van der Waals surface area contributed by atoms with Crippen molar-refractivity contribution < 1.29 is 0 Å². The molecule has 0 aromatic rings. The van der Waals surface area contributed by atoms with Crippen molar-refractivity contribution in [2.24, 2.45) is 0 Å². The Morgan fingerprint density at radius 1 is 1.33 bits per heavy atom. The molecule has 2 bridgehead atoms. The monoisotopic (exact) mass is 206 g/mol. The van der Waals surface area contributed by atoms with Crippen LogP contribution in [-0.2, 0) is 0 Å². The average Bonchev–Trinajstić information content (AvgIpc) is 2.19. The second kappa shape index (κ2) is 5.01. The van der Waals surface area contributed by atoms with Crippen molar-refractivity contribution in [3.63, 3.8) is 0 Å². The van der Waals surface area contributed by atoms with Gasteiger partial charge in [-0.05, 0) is 32.7 Å². The molecule has 2 heteroatoms. The van der Waals surface area contributed by atoms with Gasteiger partial charge in [0.25, 0.3) is 0 Å². The van der Waals surface area contributed by atoms with Gasteiger partial charge >= 0.3 is 0 Å². The van der Waals surface area contributed by atoms with E-state index in [1.54, 1.807) is 0 Å². The van der Waals surface area contributed by atoms with E-state index in [2.05, 4.69) is 23.2 Å². The summed E-state index contributed by atoms with van der Waals surface area (Å²) >= 11 is 0. The van der Waals surface area contributed by atoms with Gasteiger partial charge in [-0.15, -0.1) is 12.3 Å². The largest absolute Gasteiger partial charge is 0.313 e. The number of fused-ring (bicyclic) bond motifs is 2. The number of rotatable bonds is 3. The molecule has 2 unspecified atom stereocenters. The molecule has 15 heavy (non-hydrogen) atoms. The minimum atomic E-state index is 0.713. The number of nitrogens with one attached hydrogen (secondary N) is 1. The second-order valence-corrected chi connectivity index (χ2v) is 4.98. The molecule has 0 aromatic heterocycles. The molecule has 0 amide bonds. The molecule has 0 saturated carbocycles. The molecular weight excluding hydrogens is 184 g/mol. The number of hydrogen-bond donors (Lipinski definition) is 1. The van der Waals surface area contributed by atoms with E-state index < -0.39 is 0 Å². The van der Waals surface area contributed by atoms with Crippen LogP contribution in [0, 0.1) is 12.3 Å². The number of hydrogen-bond acceptors (Lipinski definition) is 2. The van der Waals surface area contributed by atoms with Crippen LogP contribution < -0.4 is 5.32 Å². The zero-order valence-electron chi connectivity index (χ0n) is 9.71. The Balaban J connectivity index is 1.82. The Kier molecular flexibility index (Phi) is 3.66. The summed E-state index contributed by atoms with van der Waals surface area (Å²) in [6, 6.07) is 2.35. The van der Waals surface area contributed by atoms with E-state index in [4.69, 9.17) is 6.42 Å². The van der Waals surface area contributed by atoms with Crippen molar-refractivity contribution in [2.75, 3.05) is 13.6 Å². The minimum Gasteiger partial charge on any atom is -0.313 e. The maximum atomic E-state index is 5.26. The summed E-state index contributed by atoms with van der Waals surface area (Å²) in [4.78, 5) is 2.60. The molecule has 2 aliphatic rings. The minimum absolute atomic E-state index is 0.713. The van der Waals surface area contributed by atoms with E-state index in [0.717, 1.165) is 25.0 Å². The lowest BCUT2D eigenvalue weighted by Gasteiger charge is -2.47. The first kappa shape index (κ1) is 11.0. The van der Waals surface area contributed by atoms with Gasteiger partial charge in [-0.1, -0.05) is 6.42 Å². The summed E-state index contributed by atoms with van der Waals surface area (Å²) < 4.78 is 0. The molecule has 2 rings (SSSR count). The van der Waals surface area contributed by atoms with E-state index in [1.165, 1.54) is 32.1 Å². The summed E-state index contributed by atoms with van der Waals surface area (Å²) in [5, 5.41) is 3.60. The molecule has 2 fully saturated rings. The molecule has 2 atom stereocenters. The van der Waals surface area contributed by atoms with Crippen LogP contribution in [0.2, 0.25) is 0 Å². The SMILES string of the molecule is C#CCCNC1CC2CCCC(C1)N2C. The van der Waals surface area contributed by atoms with Gasteiger partial charge < -0.3 is 10.2 Å². The predicted molar refractivity (Wildman–Crippen MR) is 63.7 cm³/mol. The lowest BCUT2D eigenvalue weighted by Crippen LogP contribution is -2.54. The van der Waals surface area contributed by atoms with Crippen LogP contribution in [0.3, 0.4) is 0 Å². The van der Waals surface area contributed by atoms with Crippen LogP contribution in [0.1, 0.15) is 38.5 Å².